The molecule has 1 rings (SSSR count). The third-order valence-electron chi connectivity index (χ3n) is 2.24. The van der Waals surface area contributed by atoms with Crippen LogP contribution in [0.2, 0.25) is 0 Å². The molecule has 18 heavy (non-hydrogen) atoms. The Labute approximate surface area is 104 Å². The van der Waals surface area contributed by atoms with E-state index >= 15 is 0 Å². The summed E-state index contributed by atoms with van der Waals surface area (Å²) in [6, 6.07) is 3.04. The van der Waals surface area contributed by atoms with Crippen LogP contribution < -0.4 is 5.32 Å². The minimum Gasteiger partial charge on any atom is -0.481 e. The van der Waals surface area contributed by atoms with Crippen LogP contribution in [0, 0.1) is 0 Å². The molecular weight excluding hydrogens is 238 g/mol. The molecule has 7 nitrogen and oxygen atoms in total. The number of carboxylic acid groups (broad SMARTS) is 1. The van der Waals surface area contributed by atoms with E-state index in [1.165, 1.54) is 13.2 Å². The van der Waals surface area contributed by atoms with Crippen molar-refractivity contribution in [2.45, 2.75) is 25.8 Å². The van der Waals surface area contributed by atoms with Crippen LogP contribution in [0.1, 0.15) is 30.3 Å². The smallest absolute Gasteiger partial charge is 0.358 e. The molecule has 0 radical (unpaired) electrons. The van der Waals surface area contributed by atoms with E-state index in [-0.39, 0.29) is 18.2 Å². The number of hydrogen-bond donors (Lipinski definition) is 2. The van der Waals surface area contributed by atoms with Crippen LogP contribution in [0.3, 0.4) is 0 Å². The molecule has 0 saturated carbocycles. The summed E-state index contributed by atoms with van der Waals surface area (Å²) in [5.41, 5.74) is 0.126. The van der Waals surface area contributed by atoms with Gasteiger partial charge in [0.25, 0.3) is 0 Å². The molecule has 1 aromatic heterocycles. The lowest BCUT2D eigenvalue weighted by Gasteiger charge is -2.12. The molecule has 0 bridgehead atoms. The van der Waals surface area contributed by atoms with Gasteiger partial charge in [-0.25, -0.2) is 4.79 Å². The lowest BCUT2D eigenvalue weighted by Crippen LogP contribution is -2.18. The number of carboxylic acids is 1. The Kier molecular flexibility index (Phi) is 5.04. The molecule has 0 aliphatic heterocycles. The van der Waals surface area contributed by atoms with Gasteiger partial charge in [-0.2, -0.15) is 0 Å². The Bertz CT molecular complexity index is 419. The summed E-state index contributed by atoms with van der Waals surface area (Å²) in [6.45, 7) is 1.85. The zero-order valence-electron chi connectivity index (χ0n) is 10.2. The number of esters is 1. The first-order valence-electron chi connectivity index (χ1n) is 5.43. The van der Waals surface area contributed by atoms with Crippen LogP contribution in [0.25, 0.3) is 0 Å². The number of carbonyl (C=O) groups is 2. The van der Waals surface area contributed by atoms with Crippen LogP contribution in [0.4, 0.5) is 5.82 Å². The fraction of sp³-hybridized carbons (Fsp3) is 0.455. The van der Waals surface area contributed by atoms with Crippen LogP contribution in [-0.4, -0.2) is 40.4 Å². The van der Waals surface area contributed by atoms with Crippen molar-refractivity contribution in [2.75, 3.05) is 12.4 Å². The number of aromatic nitrogens is 2. The summed E-state index contributed by atoms with van der Waals surface area (Å²) in [7, 11) is 1.27. The Morgan fingerprint density at radius 1 is 1.44 bits per heavy atom. The van der Waals surface area contributed by atoms with Crippen molar-refractivity contribution >= 4 is 17.8 Å². The maximum Gasteiger partial charge on any atom is 0.358 e. The molecule has 1 unspecified atom stereocenters. The van der Waals surface area contributed by atoms with Gasteiger partial charge in [0.15, 0.2) is 5.69 Å². The van der Waals surface area contributed by atoms with Crippen LogP contribution >= 0.6 is 0 Å². The maximum atomic E-state index is 11.1. The van der Waals surface area contributed by atoms with E-state index in [1.54, 1.807) is 6.07 Å². The van der Waals surface area contributed by atoms with Gasteiger partial charge in [0.1, 0.15) is 5.82 Å². The highest BCUT2D eigenvalue weighted by Crippen LogP contribution is 2.07. The Balaban J connectivity index is 2.53. The van der Waals surface area contributed by atoms with Gasteiger partial charge in [0, 0.05) is 12.5 Å². The number of nitrogens with one attached hydrogen (secondary N) is 1. The van der Waals surface area contributed by atoms with Crippen molar-refractivity contribution in [1.82, 2.24) is 10.2 Å². The number of anilines is 1. The van der Waals surface area contributed by atoms with Crippen LogP contribution in [0.5, 0.6) is 0 Å². The van der Waals surface area contributed by atoms with E-state index in [0.29, 0.717) is 12.2 Å². The zero-order valence-corrected chi connectivity index (χ0v) is 10.2. The summed E-state index contributed by atoms with van der Waals surface area (Å²) in [4.78, 5) is 21.5. The second-order valence-corrected chi connectivity index (χ2v) is 3.77. The van der Waals surface area contributed by atoms with Crippen LogP contribution in [0.15, 0.2) is 12.1 Å². The number of carbonyl (C=O) groups excluding carboxylic acids is 1. The minimum absolute atomic E-state index is 0.0422. The predicted molar refractivity (Wildman–Crippen MR) is 63.3 cm³/mol. The molecule has 7 heteroatoms. The molecule has 0 fully saturated rings. The van der Waals surface area contributed by atoms with Crippen molar-refractivity contribution in [1.29, 1.82) is 0 Å². The Morgan fingerprint density at radius 3 is 2.67 bits per heavy atom. The molecule has 0 saturated heterocycles. The monoisotopic (exact) mass is 253 g/mol. The topological polar surface area (TPSA) is 101 Å². The molecule has 1 atom stereocenters. The molecule has 1 heterocycles. The van der Waals surface area contributed by atoms with Crippen molar-refractivity contribution in [3.8, 4) is 0 Å². The van der Waals surface area contributed by atoms with E-state index in [1.807, 2.05) is 6.92 Å². The van der Waals surface area contributed by atoms with Gasteiger partial charge in [0.2, 0.25) is 0 Å². The Morgan fingerprint density at radius 2 is 2.17 bits per heavy atom. The molecule has 0 spiro atoms. The highest BCUT2D eigenvalue weighted by Gasteiger charge is 2.09. The number of hydrogen-bond acceptors (Lipinski definition) is 6. The molecule has 0 aliphatic carbocycles. The first kappa shape index (κ1) is 13.9. The van der Waals surface area contributed by atoms with E-state index in [9.17, 15) is 9.59 Å². The summed E-state index contributed by atoms with van der Waals surface area (Å²) in [5, 5.41) is 19.0. The van der Waals surface area contributed by atoms with Crippen LogP contribution in [-0.2, 0) is 9.53 Å². The standard InChI is InChI=1S/C11H15N3O4/c1-7(3-6-10(15)16)12-9-5-4-8(13-14-9)11(17)18-2/h4-5,7H,3,6H2,1-2H3,(H,12,14)(H,15,16). The van der Waals surface area contributed by atoms with E-state index in [0.717, 1.165) is 0 Å². The lowest BCUT2D eigenvalue weighted by molar-refractivity contribution is -0.137. The van der Waals surface area contributed by atoms with Crippen molar-refractivity contribution in [3.63, 3.8) is 0 Å². The average Bonchev–Trinajstić information content (AvgIpc) is 2.36. The third-order valence-corrected chi connectivity index (χ3v) is 2.24. The summed E-state index contributed by atoms with van der Waals surface area (Å²) >= 11 is 0. The van der Waals surface area contributed by atoms with Gasteiger partial charge in [-0.3, -0.25) is 4.79 Å². The molecule has 1 aromatic rings. The van der Waals surface area contributed by atoms with Gasteiger partial charge >= 0.3 is 11.9 Å². The Hall–Kier alpha value is -2.18. The second-order valence-electron chi connectivity index (χ2n) is 3.77. The summed E-state index contributed by atoms with van der Waals surface area (Å²) < 4.78 is 4.50. The first-order chi connectivity index (χ1) is 8.52. The third kappa shape index (κ3) is 4.36. The lowest BCUT2D eigenvalue weighted by atomic mass is 10.2. The predicted octanol–water partition coefficient (Wildman–Crippen LogP) is 0.928. The summed E-state index contributed by atoms with van der Waals surface area (Å²) in [6.07, 6.45) is 0.567. The van der Waals surface area contributed by atoms with Gasteiger partial charge in [0.05, 0.1) is 7.11 Å². The van der Waals surface area contributed by atoms with Crippen molar-refractivity contribution < 1.29 is 19.4 Å². The highest BCUT2D eigenvalue weighted by molar-refractivity contribution is 5.86. The largest absolute Gasteiger partial charge is 0.481 e. The quantitative estimate of drug-likeness (QED) is 0.727. The fourth-order valence-electron chi connectivity index (χ4n) is 1.29. The average molecular weight is 253 g/mol. The maximum absolute atomic E-state index is 11.1. The molecule has 2 N–H and O–H groups in total. The molecular formula is C11H15N3O4. The summed E-state index contributed by atoms with van der Waals surface area (Å²) in [5.74, 6) is -0.899. The van der Waals surface area contributed by atoms with Crippen molar-refractivity contribution in [2.24, 2.45) is 0 Å². The number of methoxy groups -OCH3 is 1. The van der Waals surface area contributed by atoms with Crippen molar-refractivity contribution in [3.05, 3.63) is 17.8 Å². The van der Waals surface area contributed by atoms with E-state index in [2.05, 4.69) is 20.3 Å². The second kappa shape index (κ2) is 6.53. The normalized spacial score (nSPS) is 11.7. The van der Waals surface area contributed by atoms with E-state index in [4.69, 9.17) is 5.11 Å². The first-order valence-corrected chi connectivity index (χ1v) is 5.43. The van der Waals surface area contributed by atoms with Gasteiger partial charge in [-0.1, -0.05) is 0 Å². The minimum atomic E-state index is -0.837. The van der Waals surface area contributed by atoms with E-state index < -0.39 is 11.9 Å². The SMILES string of the molecule is COC(=O)c1ccc(NC(C)CCC(=O)O)nn1. The van der Waals surface area contributed by atoms with Gasteiger partial charge in [-0.05, 0) is 25.5 Å². The number of aliphatic carboxylic acids is 1. The molecule has 0 amide bonds. The number of ether oxygens (including phenoxy) is 1. The zero-order chi connectivity index (χ0) is 13.5. The molecule has 0 aromatic carbocycles. The molecule has 0 aliphatic rings. The van der Waals surface area contributed by atoms with Gasteiger partial charge in [-0.15, -0.1) is 10.2 Å². The highest BCUT2D eigenvalue weighted by atomic mass is 16.5. The molecule has 98 valence electrons. The number of rotatable bonds is 6. The fourth-order valence-corrected chi connectivity index (χ4v) is 1.29. The number of nitrogens with zero attached hydrogens (tertiary/aromatic N) is 2. The van der Waals surface area contributed by atoms with Gasteiger partial charge < -0.3 is 15.2 Å².